The van der Waals surface area contributed by atoms with Crippen molar-refractivity contribution in [1.29, 1.82) is 0 Å². The van der Waals surface area contributed by atoms with Crippen LogP contribution in [0.1, 0.15) is 13.3 Å². The largest absolute Gasteiger partial charge is 0.534 e. The van der Waals surface area contributed by atoms with E-state index in [0.29, 0.717) is 0 Å². The minimum absolute atomic E-state index is 0.0728. The summed E-state index contributed by atoms with van der Waals surface area (Å²) in [5, 5.41) is 0. The van der Waals surface area contributed by atoms with Crippen molar-refractivity contribution in [2.24, 2.45) is 0 Å². The van der Waals surface area contributed by atoms with Gasteiger partial charge >= 0.3 is 21.6 Å². The van der Waals surface area contributed by atoms with Crippen molar-refractivity contribution in [2.75, 3.05) is 0 Å². The Morgan fingerprint density at radius 3 is 2.05 bits per heavy atom. The Balaban J connectivity index is 2.81. The molecule has 0 saturated carbocycles. The smallest absolute Gasteiger partial charge is 0.427 e. The third-order valence-electron chi connectivity index (χ3n) is 1.83. The first kappa shape index (κ1) is 15.3. The van der Waals surface area contributed by atoms with E-state index in [0.717, 1.165) is 24.3 Å². The van der Waals surface area contributed by atoms with E-state index in [2.05, 4.69) is 4.18 Å². The van der Waals surface area contributed by atoms with Crippen molar-refractivity contribution in [3.05, 3.63) is 24.3 Å². The van der Waals surface area contributed by atoms with E-state index in [-0.39, 0.29) is 12.2 Å². The highest BCUT2D eigenvalue weighted by Gasteiger charge is 2.48. The molecule has 0 aromatic heterocycles. The lowest BCUT2D eigenvalue weighted by atomic mass is 10.3. The molecule has 0 spiro atoms. The monoisotopic (exact) mass is 298 g/mol. The quantitative estimate of drug-likeness (QED) is 0.369. The molecule has 1 aromatic carbocycles. The second-order valence-corrected chi connectivity index (χ2v) is 4.82. The molecule has 1 rings (SSSR count). The predicted octanol–water partition coefficient (Wildman–Crippen LogP) is 2.23. The molecule has 0 radical (unpaired) electrons. The van der Waals surface area contributed by atoms with Crippen LogP contribution in [0.15, 0.2) is 24.3 Å². The van der Waals surface area contributed by atoms with E-state index in [1.165, 1.54) is 0 Å². The minimum atomic E-state index is -5.70. The normalized spacial score (nSPS) is 12.0. The molecule has 106 valence electrons. The van der Waals surface area contributed by atoms with Crippen LogP contribution in [-0.4, -0.2) is 19.9 Å². The molecule has 1 aromatic rings. The van der Waals surface area contributed by atoms with Crippen LogP contribution in [0.4, 0.5) is 13.2 Å². The van der Waals surface area contributed by atoms with Gasteiger partial charge in [0.25, 0.3) is 0 Å². The molecule has 0 atom stereocenters. The topological polar surface area (TPSA) is 69.7 Å². The second-order valence-electron chi connectivity index (χ2n) is 3.28. The molecule has 0 fully saturated rings. The minimum Gasteiger partial charge on any atom is -0.427 e. The van der Waals surface area contributed by atoms with Gasteiger partial charge in [-0.3, -0.25) is 4.79 Å². The lowest BCUT2D eigenvalue weighted by Crippen LogP contribution is -2.28. The Labute approximate surface area is 107 Å². The number of benzene rings is 1. The number of hydrogen-bond acceptors (Lipinski definition) is 5. The van der Waals surface area contributed by atoms with Crippen LogP contribution in [-0.2, 0) is 14.9 Å². The van der Waals surface area contributed by atoms with E-state index in [1.807, 2.05) is 0 Å². The van der Waals surface area contributed by atoms with Gasteiger partial charge in [0.2, 0.25) is 0 Å². The highest BCUT2D eigenvalue weighted by molar-refractivity contribution is 7.87. The number of halogens is 3. The summed E-state index contributed by atoms with van der Waals surface area (Å²) in [5.74, 6) is -0.992. The van der Waals surface area contributed by atoms with Crippen molar-refractivity contribution in [3.8, 4) is 11.5 Å². The molecule has 0 aliphatic rings. The summed E-state index contributed by atoms with van der Waals surface area (Å²) in [6.07, 6.45) is 0.126. The SMILES string of the molecule is CCC(=O)Oc1ccc(OS(=O)(=O)C(F)(F)F)cc1. The second kappa shape index (κ2) is 5.47. The number of ether oxygens (including phenoxy) is 1. The Morgan fingerprint density at radius 2 is 1.63 bits per heavy atom. The maximum absolute atomic E-state index is 12.0. The van der Waals surface area contributed by atoms with Gasteiger partial charge in [0.1, 0.15) is 11.5 Å². The van der Waals surface area contributed by atoms with Gasteiger partial charge in [-0.05, 0) is 24.3 Å². The van der Waals surface area contributed by atoms with Gasteiger partial charge in [0.05, 0.1) is 0 Å². The first-order chi connectivity index (χ1) is 8.65. The van der Waals surface area contributed by atoms with Crippen molar-refractivity contribution >= 4 is 16.1 Å². The molecule has 19 heavy (non-hydrogen) atoms. The third-order valence-corrected chi connectivity index (χ3v) is 2.81. The number of hydrogen-bond donors (Lipinski definition) is 0. The lowest BCUT2D eigenvalue weighted by molar-refractivity contribution is -0.134. The average molecular weight is 298 g/mol. The van der Waals surface area contributed by atoms with Crippen LogP contribution < -0.4 is 8.92 Å². The zero-order valence-corrected chi connectivity index (χ0v) is 10.4. The van der Waals surface area contributed by atoms with Gasteiger partial charge in [-0.15, -0.1) is 0 Å². The van der Waals surface area contributed by atoms with Crippen LogP contribution in [0, 0.1) is 0 Å². The van der Waals surface area contributed by atoms with E-state index in [4.69, 9.17) is 4.74 Å². The maximum atomic E-state index is 12.0. The number of carbonyl (C=O) groups is 1. The molecule has 0 N–H and O–H groups in total. The Bertz CT molecular complexity index is 548. The molecule has 0 aliphatic carbocycles. The molecule has 0 saturated heterocycles. The van der Waals surface area contributed by atoms with Crippen LogP contribution in [0.5, 0.6) is 11.5 Å². The van der Waals surface area contributed by atoms with Crippen molar-refractivity contribution in [1.82, 2.24) is 0 Å². The van der Waals surface area contributed by atoms with Crippen LogP contribution in [0.25, 0.3) is 0 Å². The Hall–Kier alpha value is -1.77. The first-order valence-corrected chi connectivity index (χ1v) is 6.38. The Morgan fingerprint density at radius 1 is 1.16 bits per heavy atom. The van der Waals surface area contributed by atoms with Gasteiger partial charge in [-0.25, -0.2) is 0 Å². The highest BCUT2D eigenvalue weighted by Crippen LogP contribution is 2.27. The molecule has 0 unspecified atom stereocenters. The average Bonchev–Trinajstić information content (AvgIpc) is 2.29. The van der Waals surface area contributed by atoms with E-state index >= 15 is 0 Å². The van der Waals surface area contributed by atoms with E-state index in [1.54, 1.807) is 6.92 Å². The third kappa shape index (κ3) is 4.12. The van der Waals surface area contributed by atoms with Crippen molar-refractivity contribution < 1.29 is 35.3 Å². The molecule has 0 aliphatic heterocycles. The fourth-order valence-corrected chi connectivity index (χ4v) is 1.40. The molecule has 0 amide bonds. The number of rotatable bonds is 4. The van der Waals surface area contributed by atoms with E-state index < -0.39 is 27.3 Å². The zero-order chi connectivity index (χ0) is 14.7. The summed E-state index contributed by atoms with van der Waals surface area (Å²) < 4.78 is 66.1. The highest BCUT2D eigenvalue weighted by atomic mass is 32.2. The van der Waals surface area contributed by atoms with Crippen LogP contribution in [0.3, 0.4) is 0 Å². The lowest BCUT2D eigenvalue weighted by Gasteiger charge is -2.09. The first-order valence-electron chi connectivity index (χ1n) is 4.97. The number of carbonyl (C=O) groups excluding carboxylic acids is 1. The van der Waals surface area contributed by atoms with E-state index in [9.17, 15) is 26.4 Å². The molecule has 0 bridgehead atoms. The fraction of sp³-hybridized carbons (Fsp3) is 0.300. The maximum Gasteiger partial charge on any atom is 0.534 e. The summed E-state index contributed by atoms with van der Waals surface area (Å²) in [6, 6.07) is 4.13. The van der Waals surface area contributed by atoms with Gasteiger partial charge in [-0.2, -0.15) is 21.6 Å². The zero-order valence-electron chi connectivity index (χ0n) is 9.60. The van der Waals surface area contributed by atoms with Crippen LogP contribution >= 0.6 is 0 Å². The summed E-state index contributed by atoms with van der Waals surface area (Å²) in [4.78, 5) is 10.9. The summed E-state index contributed by atoms with van der Waals surface area (Å²) in [5.41, 5.74) is -5.50. The molecule has 9 heteroatoms. The summed E-state index contributed by atoms with van der Waals surface area (Å²) in [7, 11) is -5.70. The molecule has 0 heterocycles. The molecular weight excluding hydrogens is 289 g/mol. The Kier molecular flexibility index (Phi) is 4.40. The van der Waals surface area contributed by atoms with Crippen molar-refractivity contribution in [2.45, 2.75) is 18.9 Å². The number of alkyl halides is 3. The van der Waals surface area contributed by atoms with Gasteiger partial charge in [0.15, 0.2) is 0 Å². The summed E-state index contributed by atoms with van der Waals surface area (Å²) >= 11 is 0. The van der Waals surface area contributed by atoms with Gasteiger partial charge in [-0.1, -0.05) is 6.92 Å². The summed E-state index contributed by atoms with van der Waals surface area (Å²) in [6.45, 7) is 1.57. The van der Waals surface area contributed by atoms with Crippen LogP contribution in [0.2, 0.25) is 0 Å². The fourth-order valence-electron chi connectivity index (χ4n) is 0.941. The number of esters is 1. The standard InChI is InChI=1S/C10H9F3O5S/c1-2-9(14)17-7-3-5-8(6-4-7)18-19(15,16)10(11,12)13/h3-6H,2H2,1H3. The van der Waals surface area contributed by atoms with Gasteiger partial charge < -0.3 is 8.92 Å². The van der Waals surface area contributed by atoms with Crippen molar-refractivity contribution in [3.63, 3.8) is 0 Å². The molecule has 5 nitrogen and oxygen atoms in total. The van der Waals surface area contributed by atoms with Gasteiger partial charge in [0, 0.05) is 6.42 Å². The molecular formula is C10H9F3O5S. The predicted molar refractivity (Wildman–Crippen MR) is 58.0 cm³/mol.